The Morgan fingerprint density at radius 1 is 1.17 bits per heavy atom. The van der Waals surface area contributed by atoms with Crippen LogP contribution in [0, 0.1) is 0 Å². The third-order valence-corrected chi connectivity index (χ3v) is 3.60. The first-order chi connectivity index (χ1) is 11.7. The fourth-order valence-electron chi connectivity index (χ4n) is 2.43. The molecule has 0 radical (unpaired) electrons. The van der Waals surface area contributed by atoms with Gasteiger partial charge in [-0.3, -0.25) is 9.36 Å². The molecule has 0 saturated carbocycles. The fourth-order valence-corrected chi connectivity index (χ4v) is 2.43. The lowest BCUT2D eigenvalue weighted by molar-refractivity contribution is -0.121. The van der Waals surface area contributed by atoms with Gasteiger partial charge >= 0.3 is 5.76 Å². The lowest BCUT2D eigenvalue weighted by Crippen LogP contribution is -2.30. The number of benzene rings is 2. The summed E-state index contributed by atoms with van der Waals surface area (Å²) in [5, 5.41) is 2.80. The van der Waals surface area contributed by atoms with E-state index in [2.05, 4.69) is 5.32 Å². The Hall–Kier alpha value is -3.02. The first-order valence-electron chi connectivity index (χ1n) is 7.74. The van der Waals surface area contributed by atoms with Gasteiger partial charge in [0.05, 0.1) is 12.1 Å². The Balaban J connectivity index is 1.63. The van der Waals surface area contributed by atoms with Gasteiger partial charge in [0, 0.05) is 6.54 Å². The summed E-state index contributed by atoms with van der Waals surface area (Å²) in [6.07, 6.45) is 0. The molecule has 3 aromatic rings. The van der Waals surface area contributed by atoms with E-state index in [0.717, 1.165) is 11.3 Å². The molecule has 1 amide bonds. The number of amides is 1. The summed E-state index contributed by atoms with van der Waals surface area (Å²) in [5.74, 6) is 0.00829. The maximum absolute atomic E-state index is 12.1. The van der Waals surface area contributed by atoms with Crippen LogP contribution in [0.4, 0.5) is 0 Å². The zero-order valence-electron chi connectivity index (χ0n) is 13.3. The molecule has 2 aromatic carbocycles. The van der Waals surface area contributed by atoms with Crippen molar-refractivity contribution in [3.05, 3.63) is 64.6 Å². The van der Waals surface area contributed by atoms with Gasteiger partial charge in [-0.25, -0.2) is 4.79 Å². The Morgan fingerprint density at radius 2 is 1.92 bits per heavy atom. The summed E-state index contributed by atoms with van der Waals surface area (Å²) in [4.78, 5) is 24.0. The van der Waals surface area contributed by atoms with E-state index in [1.807, 2.05) is 31.2 Å². The van der Waals surface area contributed by atoms with E-state index in [-0.39, 0.29) is 12.5 Å². The molecular formula is C18H18N2O4. The maximum Gasteiger partial charge on any atom is 0.420 e. The number of ether oxygens (including phenoxy) is 1. The van der Waals surface area contributed by atoms with E-state index < -0.39 is 5.76 Å². The monoisotopic (exact) mass is 326 g/mol. The van der Waals surface area contributed by atoms with Crippen molar-refractivity contribution in [3.63, 3.8) is 0 Å². The fraction of sp³-hybridized carbons (Fsp3) is 0.222. The summed E-state index contributed by atoms with van der Waals surface area (Å²) >= 11 is 0. The summed E-state index contributed by atoms with van der Waals surface area (Å²) < 4.78 is 11.8. The number of nitrogens with one attached hydrogen (secondary N) is 1. The molecule has 1 heterocycles. The molecule has 1 aromatic heterocycles. The quantitative estimate of drug-likeness (QED) is 0.754. The average molecular weight is 326 g/mol. The molecule has 124 valence electrons. The van der Waals surface area contributed by atoms with Crippen LogP contribution in [-0.2, 0) is 17.9 Å². The van der Waals surface area contributed by atoms with Crippen LogP contribution in [0.25, 0.3) is 11.1 Å². The highest BCUT2D eigenvalue weighted by atomic mass is 16.5. The summed E-state index contributed by atoms with van der Waals surface area (Å²) in [6.45, 7) is 2.85. The second-order valence-electron chi connectivity index (χ2n) is 5.28. The first kappa shape index (κ1) is 15.9. The van der Waals surface area contributed by atoms with E-state index in [9.17, 15) is 9.59 Å². The molecule has 0 aliphatic heterocycles. The van der Waals surface area contributed by atoms with E-state index in [1.54, 1.807) is 24.3 Å². The number of aromatic nitrogens is 1. The summed E-state index contributed by atoms with van der Waals surface area (Å²) in [6, 6.07) is 14.5. The van der Waals surface area contributed by atoms with E-state index in [1.165, 1.54) is 4.57 Å². The highest BCUT2D eigenvalue weighted by Gasteiger charge is 2.12. The Labute approximate surface area is 138 Å². The second kappa shape index (κ2) is 7.04. The number of para-hydroxylation sites is 2. The molecular weight excluding hydrogens is 308 g/mol. The third kappa shape index (κ3) is 3.48. The van der Waals surface area contributed by atoms with Gasteiger partial charge < -0.3 is 14.5 Å². The highest BCUT2D eigenvalue weighted by Crippen LogP contribution is 2.13. The van der Waals surface area contributed by atoms with Crippen molar-refractivity contribution in [2.45, 2.75) is 20.0 Å². The van der Waals surface area contributed by atoms with Gasteiger partial charge in [0.25, 0.3) is 0 Å². The largest absolute Gasteiger partial charge is 0.494 e. The lowest BCUT2D eigenvalue weighted by Gasteiger charge is -2.07. The molecule has 0 bridgehead atoms. The predicted molar refractivity (Wildman–Crippen MR) is 89.9 cm³/mol. The molecule has 3 rings (SSSR count). The molecule has 6 nitrogen and oxygen atoms in total. The zero-order valence-corrected chi connectivity index (χ0v) is 13.3. The number of hydrogen-bond acceptors (Lipinski definition) is 4. The Morgan fingerprint density at radius 3 is 2.67 bits per heavy atom. The van der Waals surface area contributed by atoms with Crippen molar-refractivity contribution in [1.29, 1.82) is 0 Å². The minimum Gasteiger partial charge on any atom is -0.494 e. The molecule has 0 saturated heterocycles. The van der Waals surface area contributed by atoms with Crippen LogP contribution < -0.4 is 15.8 Å². The van der Waals surface area contributed by atoms with Gasteiger partial charge in [0.15, 0.2) is 5.58 Å². The second-order valence-corrected chi connectivity index (χ2v) is 5.28. The van der Waals surface area contributed by atoms with Gasteiger partial charge in [0.1, 0.15) is 12.3 Å². The van der Waals surface area contributed by atoms with Crippen LogP contribution in [0.15, 0.2) is 57.7 Å². The van der Waals surface area contributed by atoms with Crippen molar-refractivity contribution in [3.8, 4) is 5.75 Å². The third-order valence-electron chi connectivity index (χ3n) is 3.60. The lowest BCUT2D eigenvalue weighted by atomic mass is 10.2. The van der Waals surface area contributed by atoms with Crippen molar-refractivity contribution in [2.24, 2.45) is 0 Å². The van der Waals surface area contributed by atoms with Crippen molar-refractivity contribution < 1.29 is 13.9 Å². The number of oxazole rings is 1. The summed E-state index contributed by atoms with van der Waals surface area (Å²) in [5.41, 5.74) is 2.04. The number of nitrogens with zero attached hydrogens (tertiary/aromatic N) is 1. The van der Waals surface area contributed by atoms with Crippen LogP contribution in [0.3, 0.4) is 0 Å². The SMILES string of the molecule is CCOc1ccc(CNC(=O)Cn2c(=O)oc3ccccc32)cc1. The van der Waals surface area contributed by atoms with Gasteiger partial charge in [-0.05, 0) is 36.8 Å². The molecule has 0 atom stereocenters. The number of fused-ring (bicyclic) bond motifs is 1. The van der Waals surface area contributed by atoms with Crippen LogP contribution in [0.1, 0.15) is 12.5 Å². The average Bonchev–Trinajstić information content (AvgIpc) is 2.90. The summed E-state index contributed by atoms with van der Waals surface area (Å²) in [7, 11) is 0. The van der Waals surface area contributed by atoms with Gasteiger partial charge in [-0.15, -0.1) is 0 Å². The van der Waals surface area contributed by atoms with Crippen LogP contribution in [0.2, 0.25) is 0 Å². The van der Waals surface area contributed by atoms with Crippen molar-refractivity contribution in [1.82, 2.24) is 9.88 Å². The normalized spacial score (nSPS) is 10.7. The van der Waals surface area contributed by atoms with Crippen LogP contribution in [0.5, 0.6) is 5.75 Å². The van der Waals surface area contributed by atoms with Crippen molar-refractivity contribution in [2.75, 3.05) is 6.61 Å². The smallest absolute Gasteiger partial charge is 0.420 e. The minimum absolute atomic E-state index is 0.0765. The molecule has 0 fully saturated rings. The molecule has 0 spiro atoms. The van der Waals surface area contributed by atoms with Crippen LogP contribution >= 0.6 is 0 Å². The topological polar surface area (TPSA) is 73.5 Å². The highest BCUT2D eigenvalue weighted by molar-refractivity contribution is 5.79. The Kier molecular flexibility index (Phi) is 4.65. The van der Waals surface area contributed by atoms with Crippen LogP contribution in [-0.4, -0.2) is 17.1 Å². The Bertz CT molecular complexity index is 893. The van der Waals surface area contributed by atoms with Gasteiger partial charge in [-0.1, -0.05) is 24.3 Å². The van der Waals surface area contributed by atoms with E-state index in [0.29, 0.717) is 24.3 Å². The van der Waals surface area contributed by atoms with Gasteiger partial charge in [0.2, 0.25) is 5.91 Å². The first-order valence-corrected chi connectivity index (χ1v) is 7.74. The molecule has 0 aliphatic rings. The minimum atomic E-state index is -0.535. The number of carbonyl (C=O) groups excluding carboxylic acids is 1. The van der Waals surface area contributed by atoms with Gasteiger partial charge in [-0.2, -0.15) is 0 Å². The molecule has 0 aliphatic carbocycles. The zero-order chi connectivity index (χ0) is 16.9. The van der Waals surface area contributed by atoms with E-state index >= 15 is 0 Å². The molecule has 24 heavy (non-hydrogen) atoms. The number of carbonyl (C=O) groups is 1. The van der Waals surface area contributed by atoms with E-state index in [4.69, 9.17) is 9.15 Å². The molecule has 1 N–H and O–H groups in total. The standard InChI is InChI=1S/C18H18N2O4/c1-2-23-14-9-7-13(8-10-14)11-19-17(21)12-20-15-5-3-4-6-16(15)24-18(20)22/h3-10H,2,11-12H2,1H3,(H,19,21). The number of rotatable bonds is 6. The molecule has 0 unspecified atom stereocenters. The number of hydrogen-bond donors (Lipinski definition) is 1. The maximum atomic E-state index is 12.1. The van der Waals surface area contributed by atoms with Crippen molar-refractivity contribution >= 4 is 17.0 Å². The predicted octanol–water partition coefficient (Wildman–Crippen LogP) is 2.31. The molecule has 6 heteroatoms.